The van der Waals surface area contributed by atoms with Crippen molar-refractivity contribution in [2.45, 2.75) is 18.8 Å². The third-order valence-electron chi connectivity index (χ3n) is 3.09. The molecular formula is C13H17NO. The number of aryl methyl sites for hydroxylation is 1. The van der Waals surface area contributed by atoms with Gasteiger partial charge in [-0.05, 0) is 24.6 Å². The Labute approximate surface area is 90.9 Å². The molecule has 2 rings (SSSR count). The Morgan fingerprint density at radius 2 is 2.13 bits per heavy atom. The fraction of sp³-hybridized carbons (Fsp3) is 0.462. The van der Waals surface area contributed by atoms with Crippen molar-refractivity contribution >= 4 is 6.29 Å². The lowest BCUT2D eigenvalue weighted by Gasteiger charge is -2.37. The smallest absolute Gasteiger partial charge is 0.120 e. The van der Waals surface area contributed by atoms with Crippen LogP contribution in [0.25, 0.3) is 0 Å². The van der Waals surface area contributed by atoms with Gasteiger partial charge in [-0.2, -0.15) is 0 Å². The second kappa shape index (κ2) is 4.58. The van der Waals surface area contributed by atoms with Gasteiger partial charge in [0.1, 0.15) is 6.29 Å². The number of hydrogen-bond acceptors (Lipinski definition) is 2. The summed E-state index contributed by atoms with van der Waals surface area (Å²) in [7, 11) is 2.14. The van der Waals surface area contributed by atoms with Gasteiger partial charge in [-0.3, -0.25) is 0 Å². The molecule has 1 saturated heterocycles. The summed E-state index contributed by atoms with van der Waals surface area (Å²) in [5.41, 5.74) is 2.79. The number of likely N-dealkylation sites (tertiary alicyclic amines) is 1. The fourth-order valence-corrected chi connectivity index (χ4v) is 2.27. The molecule has 0 spiro atoms. The maximum Gasteiger partial charge on any atom is 0.120 e. The standard InChI is InChI=1S/C13H17NO/c1-14-9-12(10-14)13-7-3-2-5-11(13)6-4-8-15/h2-3,5,7-8,12H,4,6,9-10H2,1H3. The van der Waals surface area contributed by atoms with E-state index in [2.05, 4.69) is 36.2 Å². The van der Waals surface area contributed by atoms with Gasteiger partial charge in [-0.25, -0.2) is 0 Å². The second-order valence-corrected chi connectivity index (χ2v) is 4.32. The topological polar surface area (TPSA) is 20.3 Å². The molecule has 0 aliphatic carbocycles. The lowest BCUT2D eigenvalue weighted by atomic mass is 9.87. The molecule has 1 aromatic carbocycles. The summed E-state index contributed by atoms with van der Waals surface area (Å²) < 4.78 is 0. The minimum Gasteiger partial charge on any atom is -0.305 e. The maximum atomic E-state index is 10.4. The van der Waals surface area contributed by atoms with Gasteiger partial charge in [0.05, 0.1) is 0 Å². The maximum absolute atomic E-state index is 10.4. The zero-order chi connectivity index (χ0) is 10.7. The van der Waals surface area contributed by atoms with Crippen LogP contribution in [-0.4, -0.2) is 31.3 Å². The Morgan fingerprint density at radius 3 is 2.80 bits per heavy atom. The van der Waals surface area contributed by atoms with Crippen molar-refractivity contribution in [2.75, 3.05) is 20.1 Å². The summed E-state index contributed by atoms with van der Waals surface area (Å²) in [4.78, 5) is 12.7. The zero-order valence-corrected chi connectivity index (χ0v) is 9.15. The van der Waals surface area contributed by atoms with Gasteiger partial charge < -0.3 is 9.69 Å². The van der Waals surface area contributed by atoms with Crippen molar-refractivity contribution in [3.05, 3.63) is 35.4 Å². The third-order valence-corrected chi connectivity index (χ3v) is 3.09. The van der Waals surface area contributed by atoms with E-state index in [4.69, 9.17) is 0 Å². The van der Waals surface area contributed by atoms with Gasteiger partial charge in [0.2, 0.25) is 0 Å². The minimum atomic E-state index is 0.638. The van der Waals surface area contributed by atoms with Crippen LogP contribution >= 0.6 is 0 Å². The third kappa shape index (κ3) is 2.26. The van der Waals surface area contributed by atoms with Crippen LogP contribution in [0, 0.1) is 0 Å². The molecule has 80 valence electrons. The first-order valence-electron chi connectivity index (χ1n) is 5.51. The molecule has 1 aromatic rings. The summed E-state index contributed by atoms with van der Waals surface area (Å²) in [5.74, 6) is 0.679. The minimum absolute atomic E-state index is 0.638. The van der Waals surface area contributed by atoms with Crippen LogP contribution in [0.15, 0.2) is 24.3 Å². The molecule has 2 nitrogen and oxygen atoms in total. The van der Waals surface area contributed by atoms with Crippen molar-refractivity contribution in [3.8, 4) is 0 Å². The highest BCUT2D eigenvalue weighted by molar-refractivity contribution is 5.50. The first-order chi connectivity index (χ1) is 7.31. The Kier molecular flexibility index (Phi) is 3.17. The van der Waals surface area contributed by atoms with E-state index < -0.39 is 0 Å². The van der Waals surface area contributed by atoms with E-state index >= 15 is 0 Å². The number of carbonyl (C=O) groups is 1. The number of likely N-dealkylation sites (N-methyl/N-ethyl adjacent to an activating group) is 1. The number of nitrogens with zero attached hydrogens (tertiary/aromatic N) is 1. The van der Waals surface area contributed by atoms with E-state index in [1.54, 1.807) is 0 Å². The van der Waals surface area contributed by atoms with Gasteiger partial charge in [0.25, 0.3) is 0 Å². The van der Waals surface area contributed by atoms with Crippen molar-refractivity contribution in [1.82, 2.24) is 4.90 Å². The van der Waals surface area contributed by atoms with Gasteiger partial charge in [-0.15, -0.1) is 0 Å². The second-order valence-electron chi connectivity index (χ2n) is 4.32. The molecule has 1 fully saturated rings. The van der Waals surface area contributed by atoms with E-state index in [-0.39, 0.29) is 0 Å². The normalized spacial score (nSPS) is 17.4. The van der Waals surface area contributed by atoms with Crippen molar-refractivity contribution < 1.29 is 4.79 Å². The van der Waals surface area contributed by atoms with Crippen LogP contribution in [0.5, 0.6) is 0 Å². The van der Waals surface area contributed by atoms with E-state index in [0.717, 1.165) is 25.8 Å². The Bertz CT molecular complexity index is 342. The van der Waals surface area contributed by atoms with Crippen LogP contribution in [-0.2, 0) is 11.2 Å². The lowest BCUT2D eigenvalue weighted by Crippen LogP contribution is -2.42. The van der Waals surface area contributed by atoms with Gasteiger partial charge in [0.15, 0.2) is 0 Å². The van der Waals surface area contributed by atoms with Crippen LogP contribution in [0.1, 0.15) is 23.5 Å². The Balaban J connectivity index is 2.11. The van der Waals surface area contributed by atoms with Crippen LogP contribution in [0.4, 0.5) is 0 Å². The monoisotopic (exact) mass is 203 g/mol. The largest absolute Gasteiger partial charge is 0.305 e. The van der Waals surface area contributed by atoms with E-state index in [9.17, 15) is 4.79 Å². The summed E-state index contributed by atoms with van der Waals surface area (Å²) in [5, 5.41) is 0. The zero-order valence-electron chi connectivity index (χ0n) is 9.15. The first-order valence-corrected chi connectivity index (χ1v) is 5.51. The number of aldehydes is 1. The molecule has 0 bridgehead atoms. The van der Waals surface area contributed by atoms with Crippen molar-refractivity contribution in [2.24, 2.45) is 0 Å². The SMILES string of the molecule is CN1CC(c2ccccc2CCC=O)C1. The summed E-state index contributed by atoms with van der Waals surface area (Å²) >= 11 is 0. The van der Waals surface area contributed by atoms with Gasteiger partial charge in [0, 0.05) is 25.4 Å². The highest BCUT2D eigenvalue weighted by atomic mass is 16.1. The van der Waals surface area contributed by atoms with Crippen LogP contribution in [0.2, 0.25) is 0 Å². The number of rotatable bonds is 4. The quantitative estimate of drug-likeness (QED) is 0.696. The Hall–Kier alpha value is -1.15. The molecule has 1 aliphatic heterocycles. The molecule has 15 heavy (non-hydrogen) atoms. The van der Waals surface area contributed by atoms with Gasteiger partial charge in [-0.1, -0.05) is 24.3 Å². The summed E-state index contributed by atoms with van der Waals surface area (Å²) in [6, 6.07) is 8.51. The van der Waals surface area contributed by atoms with Gasteiger partial charge >= 0.3 is 0 Å². The van der Waals surface area contributed by atoms with E-state index in [0.29, 0.717) is 12.3 Å². The predicted octanol–water partition coefficient (Wildman–Crippen LogP) is 1.85. The molecular weight excluding hydrogens is 186 g/mol. The molecule has 0 amide bonds. The average Bonchev–Trinajstić information content (AvgIpc) is 2.23. The molecule has 0 atom stereocenters. The van der Waals surface area contributed by atoms with Crippen LogP contribution in [0.3, 0.4) is 0 Å². The number of carbonyl (C=O) groups excluding carboxylic acids is 1. The molecule has 2 heteroatoms. The van der Waals surface area contributed by atoms with Crippen LogP contribution < -0.4 is 0 Å². The van der Waals surface area contributed by atoms with E-state index in [1.165, 1.54) is 11.1 Å². The fourth-order valence-electron chi connectivity index (χ4n) is 2.27. The van der Waals surface area contributed by atoms with Crippen molar-refractivity contribution in [3.63, 3.8) is 0 Å². The lowest BCUT2D eigenvalue weighted by molar-refractivity contribution is -0.107. The summed E-state index contributed by atoms with van der Waals surface area (Å²) in [6.07, 6.45) is 2.53. The molecule has 0 aromatic heterocycles. The first kappa shape index (κ1) is 10.4. The van der Waals surface area contributed by atoms with E-state index in [1.807, 2.05) is 0 Å². The highest BCUT2D eigenvalue weighted by Crippen LogP contribution is 2.28. The molecule has 0 saturated carbocycles. The number of benzene rings is 1. The van der Waals surface area contributed by atoms with Crippen molar-refractivity contribution in [1.29, 1.82) is 0 Å². The number of hydrogen-bond donors (Lipinski definition) is 0. The highest BCUT2D eigenvalue weighted by Gasteiger charge is 2.26. The molecule has 1 aliphatic rings. The molecule has 0 unspecified atom stereocenters. The average molecular weight is 203 g/mol. The molecule has 0 radical (unpaired) electrons. The Morgan fingerprint density at radius 1 is 1.40 bits per heavy atom. The molecule has 1 heterocycles. The summed E-state index contributed by atoms with van der Waals surface area (Å²) in [6.45, 7) is 2.30. The predicted molar refractivity (Wildman–Crippen MR) is 61.1 cm³/mol. The molecule has 0 N–H and O–H groups in total.